The van der Waals surface area contributed by atoms with E-state index in [0.717, 1.165) is 19.4 Å². The number of nitrogens with one attached hydrogen (secondary N) is 1. The second-order valence-corrected chi connectivity index (χ2v) is 5.30. The molecule has 2 rings (SSSR count). The van der Waals surface area contributed by atoms with Crippen LogP contribution in [0, 0.1) is 0 Å². The van der Waals surface area contributed by atoms with Crippen molar-refractivity contribution in [2.75, 3.05) is 6.54 Å². The van der Waals surface area contributed by atoms with Crippen molar-refractivity contribution < 1.29 is 0 Å². The van der Waals surface area contributed by atoms with E-state index in [2.05, 4.69) is 72.9 Å². The second kappa shape index (κ2) is 8.55. The highest BCUT2D eigenvalue weighted by atomic mass is 14.9. The molecule has 1 heteroatoms. The molecule has 0 fully saturated rings. The van der Waals surface area contributed by atoms with Crippen molar-refractivity contribution in [2.24, 2.45) is 0 Å². The third-order valence-corrected chi connectivity index (χ3v) is 3.74. The average Bonchev–Trinajstić information content (AvgIpc) is 2.52. The van der Waals surface area contributed by atoms with Crippen LogP contribution < -0.4 is 5.32 Å². The molecule has 2 aromatic carbocycles. The van der Waals surface area contributed by atoms with Crippen LogP contribution in [0.25, 0.3) is 0 Å². The molecular formula is C19H25N. The van der Waals surface area contributed by atoms with Crippen molar-refractivity contribution in [3.05, 3.63) is 71.8 Å². The van der Waals surface area contributed by atoms with Gasteiger partial charge in [-0.2, -0.15) is 0 Å². The minimum absolute atomic E-state index is 0.611. The monoisotopic (exact) mass is 267 g/mol. The van der Waals surface area contributed by atoms with Gasteiger partial charge in [0.2, 0.25) is 0 Å². The van der Waals surface area contributed by atoms with Gasteiger partial charge in [0.05, 0.1) is 0 Å². The fourth-order valence-corrected chi connectivity index (χ4v) is 2.61. The summed E-state index contributed by atoms with van der Waals surface area (Å²) < 4.78 is 0. The second-order valence-electron chi connectivity index (χ2n) is 5.30. The lowest BCUT2D eigenvalue weighted by molar-refractivity contribution is 0.464. The van der Waals surface area contributed by atoms with E-state index in [-0.39, 0.29) is 0 Å². The molecule has 20 heavy (non-hydrogen) atoms. The summed E-state index contributed by atoms with van der Waals surface area (Å²) in [4.78, 5) is 0. The van der Waals surface area contributed by atoms with E-state index in [1.165, 1.54) is 24.0 Å². The van der Waals surface area contributed by atoms with Crippen LogP contribution in [0.1, 0.15) is 30.9 Å². The first kappa shape index (κ1) is 14.8. The molecule has 0 bridgehead atoms. The van der Waals surface area contributed by atoms with Crippen LogP contribution in [-0.4, -0.2) is 12.6 Å². The lowest BCUT2D eigenvalue weighted by Crippen LogP contribution is -2.29. The zero-order valence-corrected chi connectivity index (χ0v) is 12.4. The Morgan fingerprint density at radius 3 is 1.60 bits per heavy atom. The van der Waals surface area contributed by atoms with Crippen LogP contribution >= 0.6 is 0 Å². The van der Waals surface area contributed by atoms with Crippen LogP contribution in [-0.2, 0) is 12.8 Å². The molecular weight excluding hydrogens is 242 g/mol. The van der Waals surface area contributed by atoms with Crippen LogP contribution in [0.4, 0.5) is 0 Å². The van der Waals surface area contributed by atoms with Gasteiger partial charge in [-0.25, -0.2) is 0 Å². The largest absolute Gasteiger partial charge is 0.314 e. The minimum Gasteiger partial charge on any atom is -0.314 e. The Kier molecular flexibility index (Phi) is 6.33. The lowest BCUT2D eigenvalue weighted by Gasteiger charge is -2.18. The van der Waals surface area contributed by atoms with Crippen molar-refractivity contribution in [1.82, 2.24) is 5.32 Å². The third kappa shape index (κ3) is 5.18. The van der Waals surface area contributed by atoms with Gasteiger partial charge >= 0.3 is 0 Å². The van der Waals surface area contributed by atoms with Gasteiger partial charge < -0.3 is 5.32 Å². The first-order valence-electron chi connectivity index (χ1n) is 7.69. The molecule has 0 heterocycles. The molecule has 0 aromatic heterocycles. The maximum absolute atomic E-state index is 3.62. The predicted molar refractivity (Wildman–Crippen MR) is 87.0 cm³/mol. The van der Waals surface area contributed by atoms with Crippen molar-refractivity contribution in [3.63, 3.8) is 0 Å². The van der Waals surface area contributed by atoms with Crippen LogP contribution in [0.15, 0.2) is 60.7 Å². The third-order valence-electron chi connectivity index (χ3n) is 3.74. The Morgan fingerprint density at radius 1 is 0.750 bits per heavy atom. The number of hydrogen-bond acceptors (Lipinski definition) is 1. The highest BCUT2D eigenvalue weighted by molar-refractivity contribution is 5.16. The van der Waals surface area contributed by atoms with Gasteiger partial charge in [0.25, 0.3) is 0 Å². The normalized spacial score (nSPS) is 10.9. The van der Waals surface area contributed by atoms with E-state index >= 15 is 0 Å². The van der Waals surface area contributed by atoms with Crippen molar-refractivity contribution in [3.8, 4) is 0 Å². The Hall–Kier alpha value is -1.60. The van der Waals surface area contributed by atoms with E-state index in [0.29, 0.717) is 6.04 Å². The minimum atomic E-state index is 0.611. The molecule has 0 unspecified atom stereocenters. The number of benzene rings is 2. The predicted octanol–water partition coefficient (Wildman–Crippen LogP) is 4.23. The van der Waals surface area contributed by atoms with Crippen molar-refractivity contribution in [2.45, 2.75) is 38.6 Å². The Balaban J connectivity index is 1.81. The fourth-order valence-electron chi connectivity index (χ4n) is 2.61. The highest BCUT2D eigenvalue weighted by Crippen LogP contribution is 2.11. The zero-order valence-electron chi connectivity index (χ0n) is 12.4. The maximum Gasteiger partial charge on any atom is 0.00732 e. The summed E-state index contributed by atoms with van der Waals surface area (Å²) in [6, 6.07) is 22.2. The summed E-state index contributed by atoms with van der Waals surface area (Å²) in [7, 11) is 0. The van der Waals surface area contributed by atoms with Gasteiger partial charge in [-0.15, -0.1) is 0 Å². The standard InChI is InChI=1S/C19H25N/c1-2-20-19(15-13-17-9-5-3-6-10-17)16-14-18-11-7-4-8-12-18/h3-12,19-20H,2,13-16H2,1H3. The molecule has 0 aliphatic carbocycles. The smallest absolute Gasteiger partial charge is 0.00732 e. The molecule has 0 saturated carbocycles. The highest BCUT2D eigenvalue weighted by Gasteiger charge is 2.07. The molecule has 0 radical (unpaired) electrons. The van der Waals surface area contributed by atoms with Crippen LogP contribution in [0.3, 0.4) is 0 Å². The van der Waals surface area contributed by atoms with Gasteiger partial charge in [0.15, 0.2) is 0 Å². The average molecular weight is 267 g/mol. The van der Waals surface area contributed by atoms with Gasteiger partial charge in [0, 0.05) is 6.04 Å². The molecule has 1 nitrogen and oxygen atoms in total. The molecule has 0 aliphatic heterocycles. The Labute approximate surface area is 123 Å². The molecule has 2 aromatic rings. The zero-order chi connectivity index (χ0) is 14.0. The molecule has 0 atom stereocenters. The van der Waals surface area contributed by atoms with Crippen LogP contribution in [0.5, 0.6) is 0 Å². The molecule has 0 aliphatic rings. The van der Waals surface area contributed by atoms with E-state index < -0.39 is 0 Å². The summed E-state index contributed by atoms with van der Waals surface area (Å²) in [6.07, 6.45) is 4.75. The number of aryl methyl sites for hydroxylation is 2. The first-order valence-corrected chi connectivity index (χ1v) is 7.69. The molecule has 0 amide bonds. The topological polar surface area (TPSA) is 12.0 Å². The fraction of sp³-hybridized carbons (Fsp3) is 0.368. The van der Waals surface area contributed by atoms with E-state index in [1.807, 2.05) is 0 Å². The van der Waals surface area contributed by atoms with Crippen molar-refractivity contribution >= 4 is 0 Å². The quantitative estimate of drug-likeness (QED) is 0.754. The molecule has 1 N–H and O–H groups in total. The summed E-state index contributed by atoms with van der Waals surface area (Å²) >= 11 is 0. The Morgan fingerprint density at radius 2 is 1.20 bits per heavy atom. The van der Waals surface area contributed by atoms with Crippen LogP contribution in [0.2, 0.25) is 0 Å². The summed E-state index contributed by atoms with van der Waals surface area (Å²) in [6.45, 7) is 3.24. The molecule has 0 spiro atoms. The Bertz CT molecular complexity index is 420. The maximum atomic E-state index is 3.62. The van der Waals surface area contributed by atoms with Gasteiger partial charge in [0.1, 0.15) is 0 Å². The van der Waals surface area contributed by atoms with E-state index in [9.17, 15) is 0 Å². The lowest BCUT2D eigenvalue weighted by atomic mass is 9.99. The SMILES string of the molecule is CCNC(CCc1ccccc1)CCc1ccccc1. The summed E-state index contributed by atoms with van der Waals surface area (Å²) in [5.74, 6) is 0. The summed E-state index contributed by atoms with van der Waals surface area (Å²) in [5.41, 5.74) is 2.88. The van der Waals surface area contributed by atoms with E-state index in [1.54, 1.807) is 0 Å². The number of rotatable bonds is 8. The molecule has 0 saturated heterocycles. The van der Waals surface area contributed by atoms with E-state index in [4.69, 9.17) is 0 Å². The van der Waals surface area contributed by atoms with Gasteiger partial charge in [-0.3, -0.25) is 0 Å². The summed E-state index contributed by atoms with van der Waals surface area (Å²) in [5, 5.41) is 3.62. The first-order chi connectivity index (χ1) is 9.88. The van der Waals surface area contributed by atoms with Gasteiger partial charge in [-0.1, -0.05) is 67.6 Å². The molecule has 106 valence electrons. The number of hydrogen-bond donors (Lipinski definition) is 1. The van der Waals surface area contributed by atoms with Gasteiger partial charge in [-0.05, 0) is 43.4 Å². The van der Waals surface area contributed by atoms with Crippen molar-refractivity contribution in [1.29, 1.82) is 0 Å².